The smallest absolute Gasteiger partial charge is 0.416 e. The first kappa shape index (κ1) is 20.9. The number of nitrogens with one attached hydrogen (secondary N) is 1. The largest absolute Gasteiger partial charge is 0.473 e. The fraction of sp³-hybridized carbons (Fsp3) is 0.591. The van der Waals surface area contributed by atoms with Gasteiger partial charge in [-0.1, -0.05) is 0 Å². The highest BCUT2D eigenvalue weighted by Crippen LogP contribution is 2.40. The fourth-order valence-electron chi connectivity index (χ4n) is 4.60. The summed E-state index contributed by atoms with van der Waals surface area (Å²) >= 11 is 0. The molecule has 0 aromatic carbocycles. The molecule has 2 aliphatic heterocycles. The number of hydrogen-bond acceptors (Lipinski definition) is 9. The number of carbonyl (C=O) groups is 1. The molecule has 0 unspecified atom stereocenters. The zero-order valence-corrected chi connectivity index (χ0v) is 18.0. The maximum Gasteiger partial charge on any atom is 0.416 e. The molecule has 0 radical (unpaired) electrons. The average Bonchev–Trinajstić information content (AvgIpc) is 3.16. The van der Waals surface area contributed by atoms with Crippen LogP contribution in [0.4, 0.5) is 16.4 Å². The predicted octanol–water partition coefficient (Wildman–Crippen LogP) is 2.82. The lowest BCUT2D eigenvalue weighted by Crippen LogP contribution is -2.39. The number of amides is 1. The van der Waals surface area contributed by atoms with Crippen molar-refractivity contribution in [3.05, 3.63) is 30.5 Å². The molecular weight excluding hydrogens is 412 g/mol. The summed E-state index contributed by atoms with van der Waals surface area (Å²) in [5.74, 6) is 2.33. The van der Waals surface area contributed by atoms with Gasteiger partial charge in [0.1, 0.15) is 17.5 Å². The van der Waals surface area contributed by atoms with Crippen LogP contribution >= 0.6 is 0 Å². The zero-order valence-electron chi connectivity index (χ0n) is 18.0. The van der Waals surface area contributed by atoms with Crippen molar-refractivity contribution in [3.63, 3.8) is 0 Å². The maximum absolute atomic E-state index is 12.4. The molecule has 1 spiro atoms. The molecule has 5 rings (SSSR count). The van der Waals surface area contributed by atoms with Gasteiger partial charge in [-0.3, -0.25) is 4.90 Å². The number of ether oxygens (including phenoxy) is 3. The van der Waals surface area contributed by atoms with E-state index >= 15 is 0 Å². The Morgan fingerprint density at radius 1 is 1.09 bits per heavy atom. The van der Waals surface area contributed by atoms with Gasteiger partial charge in [0.05, 0.1) is 19.8 Å². The third-order valence-electron chi connectivity index (χ3n) is 6.49. The van der Waals surface area contributed by atoms with Crippen molar-refractivity contribution in [2.75, 3.05) is 36.5 Å². The molecule has 0 atom stereocenters. The molecule has 1 N–H and O–H groups in total. The highest BCUT2D eigenvalue weighted by molar-refractivity contribution is 5.89. The highest BCUT2D eigenvalue weighted by Gasteiger charge is 2.48. The second-order valence-corrected chi connectivity index (χ2v) is 8.73. The van der Waals surface area contributed by atoms with E-state index in [1.54, 1.807) is 23.2 Å². The van der Waals surface area contributed by atoms with Gasteiger partial charge in [-0.05, 0) is 49.8 Å². The van der Waals surface area contributed by atoms with Gasteiger partial charge in [0, 0.05) is 31.6 Å². The molecule has 10 heteroatoms. The van der Waals surface area contributed by atoms with Crippen LogP contribution < -0.4 is 15.0 Å². The van der Waals surface area contributed by atoms with Gasteiger partial charge in [0.25, 0.3) is 0 Å². The Bertz CT molecular complexity index is 898. The third-order valence-corrected chi connectivity index (χ3v) is 6.49. The third kappa shape index (κ3) is 4.74. The number of carbonyl (C=O) groups excluding carboxylic acids is 1. The van der Waals surface area contributed by atoms with Crippen molar-refractivity contribution >= 4 is 17.7 Å². The van der Waals surface area contributed by atoms with E-state index in [0.717, 1.165) is 64.1 Å². The first-order valence-corrected chi connectivity index (χ1v) is 11.3. The lowest BCUT2D eigenvalue weighted by atomic mass is 9.78. The van der Waals surface area contributed by atoms with Crippen LogP contribution in [-0.2, 0) is 9.47 Å². The van der Waals surface area contributed by atoms with Gasteiger partial charge in [-0.2, -0.15) is 5.10 Å². The molecule has 1 saturated carbocycles. The van der Waals surface area contributed by atoms with Crippen LogP contribution in [0.2, 0.25) is 0 Å². The summed E-state index contributed by atoms with van der Waals surface area (Å²) in [4.78, 5) is 14.0. The minimum absolute atomic E-state index is 0.154. The number of aromatic nitrogens is 4. The number of anilines is 2. The normalized spacial score (nSPS) is 26.2. The van der Waals surface area contributed by atoms with Gasteiger partial charge in [0.2, 0.25) is 5.88 Å². The van der Waals surface area contributed by atoms with Gasteiger partial charge in [0.15, 0.2) is 5.82 Å². The first-order valence-electron chi connectivity index (χ1n) is 11.3. The molecule has 1 amide bonds. The van der Waals surface area contributed by atoms with E-state index in [4.69, 9.17) is 14.2 Å². The molecule has 2 saturated heterocycles. The quantitative estimate of drug-likeness (QED) is 0.724. The summed E-state index contributed by atoms with van der Waals surface area (Å²) in [6, 6.07) is 7.32. The van der Waals surface area contributed by atoms with Crippen LogP contribution in [-0.4, -0.2) is 64.5 Å². The second kappa shape index (κ2) is 9.23. The second-order valence-electron chi connectivity index (χ2n) is 8.73. The monoisotopic (exact) mass is 440 g/mol. The van der Waals surface area contributed by atoms with E-state index in [0.29, 0.717) is 24.2 Å². The summed E-state index contributed by atoms with van der Waals surface area (Å²) in [5.41, 5.74) is -0.423. The Balaban J connectivity index is 1.08. The first-order chi connectivity index (χ1) is 15.7. The lowest BCUT2D eigenvalue weighted by molar-refractivity contribution is 0.0148. The number of nitrogens with zero attached hydrogens (tertiary/aromatic N) is 5. The minimum Gasteiger partial charge on any atom is -0.473 e. The minimum atomic E-state index is -0.423. The molecule has 170 valence electrons. The maximum atomic E-state index is 12.4. The molecule has 2 aromatic heterocycles. The molecule has 10 nitrogen and oxygen atoms in total. The van der Waals surface area contributed by atoms with E-state index < -0.39 is 5.60 Å². The summed E-state index contributed by atoms with van der Waals surface area (Å²) in [7, 11) is 0. The Labute approximate surface area is 186 Å². The van der Waals surface area contributed by atoms with Crippen LogP contribution in [0.15, 0.2) is 30.5 Å². The van der Waals surface area contributed by atoms with Gasteiger partial charge >= 0.3 is 6.09 Å². The zero-order chi connectivity index (χ0) is 21.8. The van der Waals surface area contributed by atoms with Gasteiger partial charge < -0.3 is 19.5 Å². The molecule has 0 bridgehead atoms. The Kier molecular flexibility index (Phi) is 6.02. The van der Waals surface area contributed by atoms with Crippen LogP contribution in [0, 0.1) is 5.92 Å². The molecule has 32 heavy (non-hydrogen) atoms. The van der Waals surface area contributed by atoms with Gasteiger partial charge in [-0.15, -0.1) is 15.3 Å². The van der Waals surface area contributed by atoms with E-state index in [-0.39, 0.29) is 12.2 Å². The Morgan fingerprint density at radius 2 is 1.94 bits per heavy atom. The van der Waals surface area contributed by atoms with Crippen LogP contribution in [0.25, 0.3) is 0 Å². The Hall–Kier alpha value is -3.01. The fourth-order valence-corrected chi connectivity index (χ4v) is 4.60. The van der Waals surface area contributed by atoms with E-state index in [1.165, 1.54) is 0 Å². The standard InChI is InChI=1S/C22H28N6O4/c29-21-28(19-2-1-11-24-26-19)15-22(32-21)9-5-16(6-10-22)14-23-18-3-4-20(27-25-18)31-17-7-12-30-13-8-17/h1-4,11,16-17H,5-10,12-15H2,(H,23,25)/t16-,22-. The molecule has 3 fully saturated rings. The van der Waals surface area contributed by atoms with Crippen molar-refractivity contribution in [2.45, 2.75) is 50.2 Å². The summed E-state index contributed by atoms with van der Waals surface area (Å²) in [6.07, 6.45) is 6.82. The van der Waals surface area contributed by atoms with Crippen LogP contribution in [0.1, 0.15) is 38.5 Å². The molecule has 2 aromatic rings. The number of hydrogen-bond donors (Lipinski definition) is 1. The topological polar surface area (TPSA) is 112 Å². The van der Waals surface area contributed by atoms with Crippen LogP contribution in [0.5, 0.6) is 5.88 Å². The molecule has 4 heterocycles. The summed E-state index contributed by atoms with van der Waals surface area (Å²) in [5, 5.41) is 19.7. The van der Waals surface area contributed by atoms with Crippen molar-refractivity contribution in [1.82, 2.24) is 20.4 Å². The van der Waals surface area contributed by atoms with E-state index in [2.05, 4.69) is 25.7 Å². The summed E-state index contributed by atoms with van der Waals surface area (Å²) < 4.78 is 17.0. The van der Waals surface area contributed by atoms with Crippen molar-refractivity contribution in [1.29, 1.82) is 0 Å². The van der Waals surface area contributed by atoms with Gasteiger partial charge in [-0.25, -0.2) is 4.79 Å². The predicted molar refractivity (Wildman–Crippen MR) is 116 cm³/mol. The molecular formula is C22H28N6O4. The van der Waals surface area contributed by atoms with Crippen molar-refractivity contribution in [3.8, 4) is 5.88 Å². The van der Waals surface area contributed by atoms with E-state index in [1.807, 2.05) is 12.1 Å². The van der Waals surface area contributed by atoms with E-state index in [9.17, 15) is 4.79 Å². The highest BCUT2D eigenvalue weighted by atomic mass is 16.6. The van der Waals surface area contributed by atoms with Crippen molar-refractivity contribution < 1.29 is 19.0 Å². The average molecular weight is 441 g/mol. The summed E-state index contributed by atoms with van der Waals surface area (Å²) in [6.45, 7) is 2.81. The number of rotatable bonds is 6. The molecule has 1 aliphatic carbocycles. The SMILES string of the molecule is O=C1O[C@]2(CC[C@H](CNc3ccc(OC4CCOCC4)nn3)CC2)CN1c1cccnn1. The molecule has 3 aliphatic rings. The van der Waals surface area contributed by atoms with Crippen molar-refractivity contribution in [2.24, 2.45) is 5.92 Å². The Morgan fingerprint density at radius 3 is 2.66 bits per heavy atom. The lowest BCUT2D eigenvalue weighted by Gasteiger charge is -2.35. The van der Waals surface area contributed by atoms with Crippen LogP contribution in [0.3, 0.4) is 0 Å².